The number of esters is 1. The Morgan fingerprint density at radius 2 is 1.89 bits per heavy atom. The van der Waals surface area contributed by atoms with Gasteiger partial charge in [-0.15, -0.1) is 0 Å². The van der Waals surface area contributed by atoms with Crippen LogP contribution in [0.2, 0.25) is 0 Å². The first-order chi connectivity index (χ1) is 9.05. The summed E-state index contributed by atoms with van der Waals surface area (Å²) in [6.45, 7) is 3.70. The van der Waals surface area contributed by atoms with Gasteiger partial charge in [-0.25, -0.2) is 0 Å². The third kappa shape index (κ3) is 3.09. The molecule has 0 aliphatic heterocycles. The van der Waals surface area contributed by atoms with Crippen LogP contribution in [0.1, 0.15) is 51.5 Å². The lowest BCUT2D eigenvalue weighted by Gasteiger charge is -2.35. The van der Waals surface area contributed by atoms with Crippen LogP contribution in [0.15, 0.2) is 18.2 Å². The van der Waals surface area contributed by atoms with Crippen LogP contribution in [0.3, 0.4) is 0 Å². The molecule has 1 aromatic carbocycles. The first kappa shape index (κ1) is 13.9. The molecule has 0 saturated heterocycles. The van der Waals surface area contributed by atoms with Gasteiger partial charge in [-0.2, -0.15) is 0 Å². The fourth-order valence-corrected chi connectivity index (χ4v) is 2.99. The van der Waals surface area contributed by atoms with Gasteiger partial charge in [-0.3, -0.25) is 4.79 Å². The second-order valence-corrected chi connectivity index (χ2v) is 5.58. The van der Waals surface area contributed by atoms with E-state index in [1.54, 1.807) is 13.2 Å². The number of carbonyl (C=O) groups excluding carboxylic acids is 1. The normalized spacial score (nSPS) is 17.8. The van der Waals surface area contributed by atoms with E-state index < -0.39 is 0 Å². The van der Waals surface area contributed by atoms with E-state index in [-0.39, 0.29) is 11.4 Å². The molecule has 3 heteroatoms. The van der Waals surface area contributed by atoms with Gasteiger partial charge < -0.3 is 9.47 Å². The summed E-state index contributed by atoms with van der Waals surface area (Å²) in [5, 5.41) is 0. The molecule has 0 bridgehead atoms. The third-order valence-corrected chi connectivity index (χ3v) is 4.04. The first-order valence-electron chi connectivity index (χ1n) is 6.92. The maximum Gasteiger partial charge on any atom is 0.308 e. The number of methoxy groups -OCH3 is 1. The molecular weight excluding hydrogens is 240 g/mol. The Labute approximate surface area is 114 Å². The summed E-state index contributed by atoms with van der Waals surface area (Å²) in [5.74, 6) is 1.21. The zero-order valence-electron chi connectivity index (χ0n) is 12.0. The van der Waals surface area contributed by atoms with E-state index in [1.165, 1.54) is 26.2 Å². The molecule has 1 fully saturated rings. The van der Waals surface area contributed by atoms with Crippen LogP contribution in [-0.4, -0.2) is 13.1 Å². The van der Waals surface area contributed by atoms with Crippen LogP contribution in [0.5, 0.6) is 11.5 Å². The molecule has 0 heterocycles. The van der Waals surface area contributed by atoms with E-state index in [1.807, 2.05) is 12.1 Å². The highest BCUT2D eigenvalue weighted by Crippen LogP contribution is 2.44. The van der Waals surface area contributed by atoms with Crippen LogP contribution in [0, 0.1) is 0 Å². The highest BCUT2D eigenvalue weighted by atomic mass is 16.5. The fraction of sp³-hybridized carbons (Fsp3) is 0.562. The molecule has 0 unspecified atom stereocenters. The van der Waals surface area contributed by atoms with Crippen molar-refractivity contribution in [2.24, 2.45) is 0 Å². The predicted molar refractivity (Wildman–Crippen MR) is 74.7 cm³/mol. The molecule has 0 radical (unpaired) electrons. The number of hydrogen-bond donors (Lipinski definition) is 0. The number of ether oxygens (including phenoxy) is 2. The Balaban J connectivity index is 2.37. The monoisotopic (exact) mass is 262 g/mol. The minimum Gasteiger partial charge on any atom is -0.496 e. The van der Waals surface area contributed by atoms with Crippen molar-refractivity contribution in [2.75, 3.05) is 7.11 Å². The van der Waals surface area contributed by atoms with Crippen LogP contribution in [0.4, 0.5) is 0 Å². The molecule has 0 aromatic heterocycles. The number of rotatable bonds is 3. The van der Waals surface area contributed by atoms with Gasteiger partial charge in [0.15, 0.2) is 0 Å². The summed E-state index contributed by atoms with van der Waals surface area (Å²) in [4.78, 5) is 11.1. The van der Waals surface area contributed by atoms with Crippen LogP contribution in [0.25, 0.3) is 0 Å². The third-order valence-electron chi connectivity index (χ3n) is 4.04. The SMILES string of the molecule is COc1ccc(OC(C)=O)cc1C1(C)CCCCC1. The van der Waals surface area contributed by atoms with Crippen molar-refractivity contribution in [3.63, 3.8) is 0 Å². The van der Waals surface area contributed by atoms with E-state index in [4.69, 9.17) is 9.47 Å². The highest BCUT2D eigenvalue weighted by Gasteiger charge is 2.31. The maximum atomic E-state index is 11.1. The Morgan fingerprint density at radius 1 is 1.21 bits per heavy atom. The van der Waals surface area contributed by atoms with Crippen LogP contribution < -0.4 is 9.47 Å². The van der Waals surface area contributed by atoms with E-state index in [9.17, 15) is 4.79 Å². The quantitative estimate of drug-likeness (QED) is 0.613. The Bertz CT molecular complexity index is 459. The number of hydrogen-bond acceptors (Lipinski definition) is 3. The maximum absolute atomic E-state index is 11.1. The topological polar surface area (TPSA) is 35.5 Å². The van der Waals surface area contributed by atoms with Gasteiger partial charge in [-0.05, 0) is 36.5 Å². The Kier molecular flexibility index (Phi) is 4.13. The van der Waals surface area contributed by atoms with Gasteiger partial charge in [-0.1, -0.05) is 26.2 Å². The van der Waals surface area contributed by atoms with Gasteiger partial charge in [0.25, 0.3) is 0 Å². The molecular formula is C16H22O3. The van der Waals surface area contributed by atoms with Crippen molar-refractivity contribution < 1.29 is 14.3 Å². The van der Waals surface area contributed by atoms with Gasteiger partial charge in [0.2, 0.25) is 0 Å². The molecule has 0 atom stereocenters. The van der Waals surface area contributed by atoms with Gasteiger partial charge in [0.1, 0.15) is 11.5 Å². The van der Waals surface area contributed by atoms with Crippen molar-refractivity contribution in [2.45, 2.75) is 51.4 Å². The largest absolute Gasteiger partial charge is 0.496 e. The highest BCUT2D eigenvalue weighted by molar-refractivity contribution is 5.69. The molecule has 19 heavy (non-hydrogen) atoms. The standard InChI is InChI=1S/C16H22O3/c1-12(17)19-13-7-8-15(18-3)14(11-13)16(2)9-5-4-6-10-16/h7-8,11H,4-6,9-10H2,1-3H3. The minimum atomic E-state index is -0.287. The van der Waals surface area contributed by atoms with Crippen LogP contribution >= 0.6 is 0 Å². The lowest BCUT2D eigenvalue weighted by Crippen LogP contribution is -2.25. The van der Waals surface area contributed by atoms with Crippen molar-refractivity contribution in [3.8, 4) is 11.5 Å². The summed E-state index contributed by atoms with van der Waals surface area (Å²) in [7, 11) is 1.69. The van der Waals surface area contributed by atoms with Crippen molar-refractivity contribution in [1.29, 1.82) is 0 Å². The first-order valence-corrected chi connectivity index (χ1v) is 6.92. The molecule has 0 spiro atoms. The summed E-state index contributed by atoms with van der Waals surface area (Å²) in [5.41, 5.74) is 1.29. The summed E-state index contributed by atoms with van der Waals surface area (Å²) < 4.78 is 10.7. The zero-order chi connectivity index (χ0) is 13.9. The summed E-state index contributed by atoms with van der Waals surface area (Å²) in [6, 6.07) is 5.65. The smallest absolute Gasteiger partial charge is 0.308 e. The molecule has 0 amide bonds. The van der Waals surface area contributed by atoms with E-state index in [0.29, 0.717) is 5.75 Å². The van der Waals surface area contributed by atoms with Gasteiger partial charge in [0, 0.05) is 12.5 Å². The van der Waals surface area contributed by atoms with E-state index >= 15 is 0 Å². The number of carbonyl (C=O) groups is 1. The molecule has 0 N–H and O–H groups in total. The Hall–Kier alpha value is -1.51. The second-order valence-electron chi connectivity index (χ2n) is 5.58. The predicted octanol–water partition coefficient (Wildman–Crippen LogP) is 3.84. The molecule has 1 saturated carbocycles. The summed E-state index contributed by atoms with van der Waals surface area (Å²) >= 11 is 0. The van der Waals surface area contributed by atoms with E-state index in [0.717, 1.165) is 24.2 Å². The molecule has 3 nitrogen and oxygen atoms in total. The molecule has 1 aliphatic carbocycles. The summed E-state index contributed by atoms with van der Waals surface area (Å²) in [6.07, 6.45) is 6.12. The molecule has 1 aromatic rings. The average molecular weight is 262 g/mol. The molecule has 1 aliphatic rings. The van der Waals surface area contributed by atoms with Crippen LogP contribution in [-0.2, 0) is 10.2 Å². The molecule has 2 rings (SSSR count). The van der Waals surface area contributed by atoms with E-state index in [2.05, 4.69) is 6.92 Å². The lowest BCUT2D eigenvalue weighted by molar-refractivity contribution is -0.131. The fourth-order valence-electron chi connectivity index (χ4n) is 2.99. The van der Waals surface area contributed by atoms with Crippen molar-refractivity contribution >= 4 is 5.97 Å². The Morgan fingerprint density at radius 3 is 2.47 bits per heavy atom. The average Bonchev–Trinajstić information content (AvgIpc) is 2.39. The number of benzene rings is 1. The van der Waals surface area contributed by atoms with Crippen molar-refractivity contribution in [3.05, 3.63) is 23.8 Å². The minimum absolute atomic E-state index is 0.125. The zero-order valence-corrected chi connectivity index (χ0v) is 12.0. The lowest BCUT2D eigenvalue weighted by atomic mass is 9.70. The van der Waals surface area contributed by atoms with Gasteiger partial charge in [0.05, 0.1) is 7.11 Å². The second kappa shape index (κ2) is 5.64. The molecule has 104 valence electrons. The van der Waals surface area contributed by atoms with Gasteiger partial charge >= 0.3 is 5.97 Å². The van der Waals surface area contributed by atoms with Crippen molar-refractivity contribution in [1.82, 2.24) is 0 Å².